The lowest BCUT2D eigenvalue weighted by atomic mass is 9.66. The van der Waals surface area contributed by atoms with Gasteiger partial charge in [0.25, 0.3) is 0 Å². The van der Waals surface area contributed by atoms with Crippen LogP contribution in [-0.4, -0.2) is 17.8 Å². The number of halogens is 1. The van der Waals surface area contributed by atoms with Gasteiger partial charge < -0.3 is 10.8 Å². The van der Waals surface area contributed by atoms with Crippen molar-refractivity contribution in [3.05, 3.63) is 20.3 Å². The summed E-state index contributed by atoms with van der Waals surface area (Å²) >= 11 is 5.35. The van der Waals surface area contributed by atoms with Gasteiger partial charge in [-0.3, -0.25) is 0 Å². The number of aliphatic hydroxyl groups is 1. The number of rotatable bonds is 2. The van der Waals surface area contributed by atoms with Crippen molar-refractivity contribution in [2.75, 3.05) is 6.54 Å². The van der Waals surface area contributed by atoms with Gasteiger partial charge in [0.05, 0.1) is 6.10 Å². The van der Waals surface area contributed by atoms with Gasteiger partial charge in [-0.1, -0.05) is 0 Å². The summed E-state index contributed by atoms with van der Waals surface area (Å²) in [6.07, 6.45) is 1.46. The van der Waals surface area contributed by atoms with Crippen LogP contribution < -0.4 is 5.73 Å². The van der Waals surface area contributed by atoms with Crippen LogP contribution in [0.5, 0.6) is 0 Å². The van der Waals surface area contributed by atoms with Crippen molar-refractivity contribution in [1.29, 1.82) is 0 Å². The van der Waals surface area contributed by atoms with Crippen LogP contribution in [0.1, 0.15) is 22.6 Å². The molecule has 1 aromatic rings. The maximum absolute atomic E-state index is 9.41. The number of aryl methyl sites for hydroxylation is 1. The van der Waals surface area contributed by atoms with Crippen LogP contribution in [0.25, 0.3) is 0 Å². The molecule has 0 amide bonds. The molecule has 1 fully saturated rings. The lowest BCUT2D eigenvalue weighted by Crippen LogP contribution is -2.49. The second-order valence-corrected chi connectivity index (χ2v) is 6.19. The van der Waals surface area contributed by atoms with Gasteiger partial charge in [-0.25, -0.2) is 0 Å². The molecule has 14 heavy (non-hydrogen) atoms. The highest BCUT2D eigenvalue weighted by atomic mass is 79.9. The highest BCUT2D eigenvalue weighted by Gasteiger charge is 2.45. The molecule has 1 heterocycles. The van der Waals surface area contributed by atoms with E-state index in [0.717, 1.165) is 17.3 Å². The Bertz CT molecular complexity index is 344. The van der Waals surface area contributed by atoms with Crippen molar-refractivity contribution in [3.63, 3.8) is 0 Å². The maximum Gasteiger partial charge on any atom is 0.0558 e. The average molecular weight is 276 g/mol. The van der Waals surface area contributed by atoms with Crippen LogP contribution in [0.4, 0.5) is 0 Å². The third-order valence-corrected chi connectivity index (χ3v) is 5.12. The van der Waals surface area contributed by atoms with Crippen molar-refractivity contribution in [3.8, 4) is 0 Å². The van der Waals surface area contributed by atoms with Crippen molar-refractivity contribution < 1.29 is 5.11 Å². The van der Waals surface area contributed by atoms with Gasteiger partial charge in [-0.15, -0.1) is 11.3 Å². The fraction of sp³-hybridized carbons (Fsp3) is 0.600. The van der Waals surface area contributed by atoms with E-state index in [4.69, 9.17) is 5.73 Å². The van der Waals surface area contributed by atoms with Crippen molar-refractivity contribution in [1.82, 2.24) is 0 Å². The molecule has 2 nitrogen and oxygen atoms in total. The molecule has 0 unspecified atom stereocenters. The molecule has 1 aromatic heterocycles. The van der Waals surface area contributed by atoms with E-state index in [-0.39, 0.29) is 11.5 Å². The van der Waals surface area contributed by atoms with Crippen molar-refractivity contribution in [2.45, 2.75) is 31.3 Å². The van der Waals surface area contributed by atoms with Gasteiger partial charge in [0.2, 0.25) is 0 Å². The number of aliphatic hydroxyl groups excluding tert-OH is 1. The molecular weight excluding hydrogens is 262 g/mol. The Hall–Kier alpha value is 0.1000. The summed E-state index contributed by atoms with van der Waals surface area (Å²) in [5.41, 5.74) is 5.85. The van der Waals surface area contributed by atoms with Gasteiger partial charge in [-0.2, -0.15) is 0 Å². The zero-order valence-corrected chi connectivity index (χ0v) is 10.5. The monoisotopic (exact) mass is 275 g/mol. The first-order chi connectivity index (χ1) is 6.57. The van der Waals surface area contributed by atoms with Gasteiger partial charge in [-0.05, 0) is 41.8 Å². The Morgan fingerprint density at radius 3 is 2.71 bits per heavy atom. The molecule has 4 heteroatoms. The lowest BCUT2D eigenvalue weighted by Gasteiger charge is -2.44. The van der Waals surface area contributed by atoms with E-state index in [2.05, 4.69) is 28.9 Å². The molecule has 0 spiro atoms. The van der Waals surface area contributed by atoms with Gasteiger partial charge in [0.15, 0.2) is 0 Å². The molecule has 0 aromatic carbocycles. The van der Waals surface area contributed by atoms with E-state index < -0.39 is 0 Å². The standard InChI is InChI=1S/C10H14BrNOS/c1-6-2-8(11)9(14-6)10(5-12)3-7(13)4-10/h2,7,13H,3-5,12H2,1H3. The minimum Gasteiger partial charge on any atom is -0.393 e. The molecule has 0 atom stereocenters. The van der Waals surface area contributed by atoms with E-state index >= 15 is 0 Å². The molecular formula is C10H14BrNOS. The highest BCUT2D eigenvalue weighted by molar-refractivity contribution is 9.10. The van der Waals surface area contributed by atoms with Crippen LogP contribution in [0, 0.1) is 6.92 Å². The first kappa shape index (κ1) is 10.6. The fourth-order valence-electron chi connectivity index (χ4n) is 2.13. The van der Waals surface area contributed by atoms with E-state index in [1.165, 1.54) is 9.75 Å². The molecule has 2 rings (SSSR count). The summed E-state index contributed by atoms with van der Waals surface area (Å²) < 4.78 is 1.15. The first-order valence-corrected chi connectivity index (χ1v) is 6.33. The SMILES string of the molecule is Cc1cc(Br)c(C2(CN)CC(O)C2)s1. The number of hydrogen-bond donors (Lipinski definition) is 2. The second kappa shape index (κ2) is 3.59. The van der Waals surface area contributed by atoms with Crippen molar-refractivity contribution >= 4 is 27.3 Å². The minimum atomic E-state index is -0.159. The van der Waals surface area contributed by atoms with Gasteiger partial charge >= 0.3 is 0 Å². The number of thiophene rings is 1. The van der Waals surface area contributed by atoms with Gasteiger partial charge in [0.1, 0.15) is 0 Å². The van der Waals surface area contributed by atoms with Crippen molar-refractivity contribution in [2.24, 2.45) is 5.73 Å². The lowest BCUT2D eigenvalue weighted by molar-refractivity contribution is 0.0236. The topological polar surface area (TPSA) is 46.2 Å². The highest BCUT2D eigenvalue weighted by Crippen LogP contribution is 2.48. The third kappa shape index (κ3) is 1.54. The summed E-state index contributed by atoms with van der Waals surface area (Å²) in [6, 6.07) is 2.13. The Morgan fingerprint density at radius 1 is 1.71 bits per heavy atom. The van der Waals surface area contributed by atoms with Crippen LogP contribution in [0.15, 0.2) is 10.5 Å². The largest absolute Gasteiger partial charge is 0.393 e. The van der Waals surface area contributed by atoms with E-state index in [0.29, 0.717) is 6.54 Å². The van der Waals surface area contributed by atoms with Gasteiger partial charge in [0, 0.05) is 26.2 Å². The quantitative estimate of drug-likeness (QED) is 0.869. The molecule has 1 aliphatic rings. The Labute approximate surface area is 96.3 Å². The van der Waals surface area contributed by atoms with E-state index in [1.54, 1.807) is 11.3 Å². The summed E-state index contributed by atoms with van der Waals surface area (Å²) in [5.74, 6) is 0. The molecule has 78 valence electrons. The Balaban J connectivity index is 2.33. The molecule has 0 saturated heterocycles. The summed E-state index contributed by atoms with van der Waals surface area (Å²) in [5, 5.41) is 9.41. The molecule has 1 saturated carbocycles. The molecule has 0 bridgehead atoms. The zero-order chi connectivity index (χ0) is 10.3. The molecule has 0 radical (unpaired) electrons. The summed E-state index contributed by atoms with van der Waals surface area (Å²) in [4.78, 5) is 2.60. The molecule has 3 N–H and O–H groups in total. The molecule has 0 aliphatic heterocycles. The first-order valence-electron chi connectivity index (χ1n) is 4.72. The summed E-state index contributed by atoms with van der Waals surface area (Å²) in [6.45, 7) is 2.72. The Morgan fingerprint density at radius 2 is 2.36 bits per heavy atom. The fourth-order valence-corrected chi connectivity index (χ4v) is 4.41. The summed E-state index contributed by atoms with van der Waals surface area (Å²) in [7, 11) is 0. The predicted octanol–water partition coefficient (Wildman–Crippen LogP) is 2.17. The number of nitrogens with two attached hydrogens (primary N) is 1. The number of hydrogen-bond acceptors (Lipinski definition) is 3. The Kier molecular flexibility index (Phi) is 2.72. The maximum atomic E-state index is 9.41. The molecule has 1 aliphatic carbocycles. The van der Waals surface area contributed by atoms with Crippen LogP contribution in [0.2, 0.25) is 0 Å². The van der Waals surface area contributed by atoms with Crippen LogP contribution >= 0.6 is 27.3 Å². The third-order valence-electron chi connectivity index (χ3n) is 2.94. The normalized spacial score (nSPS) is 31.6. The minimum absolute atomic E-state index is 0.0389. The average Bonchev–Trinajstić information content (AvgIpc) is 2.40. The smallest absolute Gasteiger partial charge is 0.0558 e. The van der Waals surface area contributed by atoms with E-state index in [1.807, 2.05) is 0 Å². The van der Waals surface area contributed by atoms with Crippen LogP contribution in [-0.2, 0) is 5.41 Å². The predicted molar refractivity (Wildman–Crippen MR) is 62.7 cm³/mol. The van der Waals surface area contributed by atoms with Crippen LogP contribution in [0.3, 0.4) is 0 Å². The zero-order valence-electron chi connectivity index (χ0n) is 8.09. The van der Waals surface area contributed by atoms with E-state index in [9.17, 15) is 5.11 Å². The second-order valence-electron chi connectivity index (χ2n) is 4.08.